The van der Waals surface area contributed by atoms with Crippen LogP contribution in [0.15, 0.2) is 83.9 Å². The Kier molecular flexibility index (Phi) is 5.52. The van der Waals surface area contributed by atoms with Gasteiger partial charge in [0.2, 0.25) is 5.78 Å². The van der Waals surface area contributed by atoms with E-state index in [0.29, 0.717) is 22.7 Å². The van der Waals surface area contributed by atoms with Crippen LogP contribution in [-0.4, -0.2) is 21.3 Å². The van der Waals surface area contributed by atoms with Gasteiger partial charge < -0.3 is 10.1 Å². The topological polar surface area (TPSA) is 75.7 Å². The van der Waals surface area contributed by atoms with E-state index in [9.17, 15) is 13.2 Å². The number of carbonyl (C=O) groups excluding carboxylic acids is 1. The minimum atomic E-state index is -4.06. The molecule has 1 heterocycles. The molecule has 0 unspecified atom stereocenters. The molecule has 0 saturated heterocycles. The molecule has 0 bridgehead atoms. The van der Waals surface area contributed by atoms with Gasteiger partial charge in [-0.05, 0) is 48.9 Å². The third-order valence-electron chi connectivity index (χ3n) is 5.08. The number of nitrogens with zero attached hydrogens (tertiary/aromatic N) is 1. The monoisotopic (exact) mass is 434 g/mol. The summed E-state index contributed by atoms with van der Waals surface area (Å²) in [4.78, 5) is 12.8. The lowest BCUT2D eigenvalue weighted by Gasteiger charge is -2.31. The Morgan fingerprint density at radius 2 is 1.74 bits per heavy atom. The standard InChI is InChI=1S/C24H22N2O4S/c1-17-6-5-7-18(14-17)16-26-22-9-4-3-8-21(22)24(27)23(31(26,28)29)15-25-19-10-12-20(30-2)13-11-19/h3-15,25H,16H2,1-2H3. The van der Waals surface area contributed by atoms with Crippen molar-refractivity contribution in [3.63, 3.8) is 0 Å². The van der Waals surface area contributed by atoms with E-state index < -0.39 is 15.8 Å². The smallest absolute Gasteiger partial charge is 0.270 e. The summed E-state index contributed by atoms with van der Waals surface area (Å²) >= 11 is 0. The number of allylic oxidation sites excluding steroid dienone is 1. The summed E-state index contributed by atoms with van der Waals surface area (Å²) in [5, 5.41) is 2.93. The first kappa shape index (κ1) is 20.7. The molecule has 0 aliphatic carbocycles. The minimum absolute atomic E-state index is 0.133. The van der Waals surface area contributed by atoms with Crippen LogP contribution in [0, 0.1) is 6.92 Å². The average Bonchev–Trinajstić information content (AvgIpc) is 2.77. The van der Waals surface area contributed by atoms with E-state index in [0.717, 1.165) is 11.1 Å². The highest BCUT2D eigenvalue weighted by atomic mass is 32.2. The first-order chi connectivity index (χ1) is 14.9. The minimum Gasteiger partial charge on any atom is -0.497 e. The first-order valence-electron chi connectivity index (χ1n) is 9.73. The van der Waals surface area contributed by atoms with Crippen molar-refractivity contribution < 1.29 is 17.9 Å². The van der Waals surface area contributed by atoms with Crippen molar-refractivity contribution >= 4 is 27.2 Å². The van der Waals surface area contributed by atoms with Crippen molar-refractivity contribution in [3.05, 3.63) is 101 Å². The highest BCUT2D eigenvalue weighted by molar-refractivity contribution is 7.97. The van der Waals surface area contributed by atoms with Crippen LogP contribution in [0.25, 0.3) is 0 Å². The maximum absolute atomic E-state index is 13.5. The summed E-state index contributed by atoms with van der Waals surface area (Å²) in [5.74, 6) is 0.148. The van der Waals surface area contributed by atoms with Crippen LogP contribution < -0.4 is 14.4 Å². The molecule has 0 amide bonds. The van der Waals surface area contributed by atoms with E-state index >= 15 is 0 Å². The molecule has 3 aromatic carbocycles. The number of para-hydroxylation sites is 1. The maximum Gasteiger partial charge on any atom is 0.270 e. The number of hydrogen-bond acceptors (Lipinski definition) is 5. The molecule has 0 aromatic heterocycles. The third kappa shape index (κ3) is 4.04. The zero-order chi connectivity index (χ0) is 22.0. The van der Waals surface area contributed by atoms with Gasteiger partial charge in [0.15, 0.2) is 4.91 Å². The first-order valence-corrected chi connectivity index (χ1v) is 11.2. The van der Waals surface area contributed by atoms with Crippen LogP contribution in [0.4, 0.5) is 11.4 Å². The van der Waals surface area contributed by atoms with Gasteiger partial charge in [-0.15, -0.1) is 0 Å². The van der Waals surface area contributed by atoms with Crippen molar-refractivity contribution in [2.24, 2.45) is 0 Å². The summed E-state index contributed by atoms with van der Waals surface area (Å²) in [7, 11) is -2.50. The number of methoxy groups -OCH3 is 1. The lowest BCUT2D eigenvalue weighted by molar-refractivity contribution is 0.104. The van der Waals surface area contributed by atoms with E-state index in [-0.39, 0.29) is 11.4 Å². The number of fused-ring (bicyclic) bond motifs is 1. The molecule has 3 aromatic rings. The summed E-state index contributed by atoms with van der Waals surface area (Å²) in [6.07, 6.45) is 1.26. The van der Waals surface area contributed by atoms with Crippen LogP contribution in [0.3, 0.4) is 0 Å². The summed E-state index contributed by atoms with van der Waals surface area (Å²) in [5.41, 5.74) is 3.26. The number of anilines is 2. The molecule has 31 heavy (non-hydrogen) atoms. The van der Waals surface area contributed by atoms with Gasteiger partial charge in [0.25, 0.3) is 10.0 Å². The van der Waals surface area contributed by atoms with E-state index in [4.69, 9.17) is 4.74 Å². The molecule has 6 nitrogen and oxygen atoms in total. The SMILES string of the molecule is COc1ccc(NC=C2C(=O)c3ccccc3N(Cc3cccc(C)c3)S2(=O)=O)cc1. The molecule has 7 heteroatoms. The number of benzene rings is 3. The molecule has 158 valence electrons. The predicted octanol–water partition coefficient (Wildman–Crippen LogP) is 4.49. The summed E-state index contributed by atoms with van der Waals surface area (Å²) in [6, 6.07) is 21.4. The van der Waals surface area contributed by atoms with Crippen molar-refractivity contribution in [1.82, 2.24) is 0 Å². The fourth-order valence-corrected chi connectivity index (χ4v) is 5.03. The molecular formula is C24H22N2O4S. The van der Waals surface area contributed by atoms with Gasteiger partial charge in [-0.25, -0.2) is 8.42 Å². The van der Waals surface area contributed by atoms with Crippen LogP contribution >= 0.6 is 0 Å². The van der Waals surface area contributed by atoms with Crippen molar-refractivity contribution in [2.45, 2.75) is 13.5 Å². The van der Waals surface area contributed by atoms with E-state index in [1.54, 1.807) is 55.6 Å². The number of hydrogen-bond donors (Lipinski definition) is 1. The van der Waals surface area contributed by atoms with Gasteiger partial charge in [0.05, 0.1) is 19.3 Å². The van der Waals surface area contributed by atoms with E-state index in [2.05, 4.69) is 5.32 Å². The van der Waals surface area contributed by atoms with Gasteiger partial charge in [-0.3, -0.25) is 9.10 Å². The second-order valence-electron chi connectivity index (χ2n) is 7.23. The average molecular weight is 435 g/mol. The molecule has 0 radical (unpaired) electrons. The Morgan fingerprint density at radius 1 is 1.00 bits per heavy atom. The number of nitrogens with one attached hydrogen (secondary N) is 1. The van der Waals surface area contributed by atoms with E-state index in [1.807, 2.05) is 31.2 Å². The molecule has 4 rings (SSSR count). The Bertz CT molecular complexity index is 1260. The molecule has 0 saturated carbocycles. The van der Waals surface area contributed by atoms with E-state index in [1.165, 1.54) is 10.5 Å². The number of sulfonamides is 1. The maximum atomic E-state index is 13.5. The van der Waals surface area contributed by atoms with Gasteiger partial charge in [-0.2, -0.15) is 0 Å². The fraction of sp³-hybridized carbons (Fsp3) is 0.125. The largest absolute Gasteiger partial charge is 0.497 e. The zero-order valence-corrected chi connectivity index (χ0v) is 18.0. The van der Waals surface area contributed by atoms with Gasteiger partial charge in [0, 0.05) is 17.5 Å². The van der Waals surface area contributed by atoms with Crippen molar-refractivity contribution in [2.75, 3.05) is 16.7 Å². The van der Waals surface area contributed by atoms with Gasteiger partial charge >= 0.3 is 0 Å². The Balaban J connectivity index is 1.75. The van der Waals surface area contributed by atoms with Crippen molar-refractivity contribution in [3.8, 4) is 5.75 Å². The zero-order valence-electron chi connectivity index (χ0n) is 17.2. The van der Waals surface area contributed by atoms with Crippen LogP contribution in [0.2, 0.25) is 0 Å². The predicted molar refractivity (Wildman–Crippen MR) is 122 cm³/mol. The van der Waals surface area contributed by atoms with Crippen LogP contribution in [-0.2, 0) is 16.6 Å². The highest BCUT2D eigenvalue weighted by Crippen LogP contribution is 2.36. The number of Topliss-reactive ketones (excluding diaryl/α,β-unsaturated/α-hetero) is 1. The number of aryl methyl sites for hydroxylation is 1. The Morgan fingerprint density at radius 3 is 2.45 bits per heavy atom. The Labute approximate surface area is 181 Å². The third-order valence-corrected chi connectivity index (χ3v) is 6.84. The number of ether oxygens (including phenoxy) is 1. The molecule has 0 atom stereocenters. The second kappa shape index (κ2) is 8.28. The summed E-state index contributed by atoms with van der Waals surface area (Å²) < 4.78 is 33.4. The molecule has 1 aliphatic heterocycles. The normalized spacial score (nSPS) is 16.1. The van der Waals surface area contributed by atoms with Gasteiger partial charge in [0.1, 0.15) is 5.75 Å². The molecule has 1 N–H and O–H groups in total. The van der Waals surface area contributed by atoms with Crippen molar-refractivity contribution in [1.29, 1.82) is 0 Å². The number of ketones is 1. The lowest BCUT2D eigenvalue weighted by atomic mass is 10.1. The summed E-state index contributed by atoms with van der Waals surface area (Å²) in [6.45, 7) is 2.09. The highest BCUT2D eigenvalue weighted by Gasteiger charge is 2.40. The van der Waals surface area contributed by atoms with Gasteiger partial charge in [-0.1, -0.05) is 42.0 Å². The molecule has 1 aliphatic rings. The number of carbonyl (C=O) groups is 1. The lowest BCUT2D eigenvalue weighted by Crippen LogP contribution is -2.39. The fourth-order valence-electron chi connectivity index (χ4n) is 3.50. The van der Waals surface area contributed by atoms with Crippen LogP contribution in [0.1, 0.15) is 21.5 Å². The van der Waals surface area contributed by atoms with Crippen LogP contribution in [0.5, 0.6) is 5.75 Å². The molecule has 0 fully saturated rings. The second-order valence-corrected chi connectivity index (χ2v) is 9.06. The molecular weight excluding hydrogens is 412 g/mol. The Hall–Kier alpha value is -3.58. The number of rotatable bonds is 5. The quantitative estimate of drug-likeness (QED) is 0.599. The molecule has 0 spiro atoms.